The highest BCUT2D eigenvalue weighted by Crippen LogP contribution is 2.26. The predicted octanol–water partition coefficient (Wildman–Crippen LogP) is 2.22. The number of methoxy groups -OCH3 is 1. The molecule has 1 saturated heterocycles. The van der Waals surface area contributed by atoms with Crippen LogP contribution < -0.4 is 5.73 Å². The first-order valence-corrected chi connectivity index (χ1v) is 6.66. The Hall–Kier alpha value is -1.55. The number of carbonyl (C=O) groups excluding carboxylic acids is 1. The third kappa shape index (κ3) is 2.89. The maximum Gasteiger partial charge on any atom is 0.256 e. The van der Waals surface area contributed by atoms with Crippen LogP contribution in [0.4, 0.5) is 5.69 Å². The van der Waals surface area contributed by atoms with Gasteiger partial charge in [0.05, 0.1) is 11.2 Å². The van der Waals surface area contributed by atoms with E-state index in [-0.39, 0.29) is 11.5 Å². The van der Waals surface area contributed by atoms with Gasteiger partial charge in [-0.2, -0.15) is 0 Å². The Bertz CT molecular complexity index is 487. The molecular weight excluding hydrogens is 240 g/mol. The monoisotopic (exact) mass is 262 g/mol. The van der Waals surface area contributed by atoms with E-state index < -0.39 is 0 Å². The molecule has 2 N–H and O–H groups in total. The second-order valence-electron chi connectivity index (χ2n) is 5.57. The number of piperidine rings is 1. The number of carbonyl (C=O) groups is 1. The lowest BCUT2D eigenvalue weighted by Crippen LogP contribution is -2.49. The Morgan fingerprint density at radius 2 is 2.21 bits per heavy atom. The van der Waals surface area contributed by atoms with E-state index in [1.54, 1.807) is 13.2 Å². The average Bonchev–Trinajstić information content (AvgIpc) is 2.41. The Morgan fingerprint density at radius 1 is 1.47 bits per heavy atom. The molecule has 1 aromatic carbocycles. The van der Waals surface area contributed by atoms with Gasteiger partial charge in [0.1, 0.15) is 0 Å². The third-order valence-electron chi connectivity index (χ3n) is 3.88. The lowest BCUT2D eigenvalue weighted by atomic mass is 9.94. The van der Waals surface area contributed by atoms with Crippen molar-refractivity contribution in [1.82, 2.24) is 4.90 Å². The maximum atomic E-state index is 12.6. The summed E-state index contributed by atoms with van der Waals surface area (Å²) in [4.78, 5) is 14.4. The highest BCUT2D eigenvalue weighted by atomic mass is 16.5. The lowest BCUT2D eigenvalue weighted by molar-refractivity contribution is -0.0439. The molecule has 1 aliphatic rings. The molecule has 4 nitrogen and oxygen atoms in total. The summed E-state index contributed by atoms with van der Waals surface area (Å²) in [6.07, 6.45) is 1.94. The van der Waals surface area contributed by atoms with E-state index in [4.69, 9.17) is 10.5 Å². The third-order valence-corrected chi connectivity index (χ3v) is 3.88. The van der Waals surface area contributed by atoms with E-state index in [0.717, 1.165) is 24.9 Å². The topological polar surface area (TPSA) is 55.6 Å². The molecule has 1 heterocycles. The minimum absolute atomic E-state index is 0.00387. The van der Waals surface area contributed by atoms with E-state index in [1.807, 2.05) is 30.9 Å². The number of anilines is 1. The van der Waals surface area contributed by atoms with Crippen LogP contribution >= 0.6 is 0 Å². The average molecular weight is 262 g/mol. The van der Waals surface area contributed by atoms with Crippen LogP contribution in [0.1, 0.15) is 35.7 Å². The van der Waals surface area contributed by atoms with Crippen molar-refractivity contribution in [2.45, 2.75) is 32.3 Å². The molecule has 104 valence electrons. The smallest absolute Gasteiger partial charge is 0.256 e. The number of nitrogens with two attached hydrogens (primary N) is 1. The van der Waals surface area contributed by atoms with Crippen LogP contribution in [0, 0.1) is 6.92 Å². The first-order chi connectivity index (χ1) is 8.95. The van der Waals surface area contributed by atoms with Gasteiger partial charge in [0, 0.05) is 25.9 Å². The summed E-state index contributed by atoms with van der Waals surface area (Å²) in [5.74, 6) is 0.00387. The molecule has 2 rings (SSSR count). The SMILES string of the molecule is COC1(C)CCCN(C(=O)c2cc(C)ccc2N)C1. The number of benzene rings is 1. The molecule has 0 radical (unpaired) electrons. The Labute approximate surface area is 114 Å². The Kier molecular flexibility index (Phi) is 3.80. The minimum Gasteiger partial charge on any atom is -0.398 e. The number of ether oxygens (including phenoxy) is 1. The highest BCUT2D eigenvalue weighted by Gasteiger charge is 2.33. The van der Waals surface area contributed by atoms with Crippen molar-refractivity contribution in [3.8, 4) is 0 Å². The minimum atomic E-state index is -0.244. The van der Waals surface area contributed by atoms with Gasteiger partial charge in [-0.25, -0.2) is 0 Å². The van der Waals surface area contributed by atoms with Crippen molar-refractivity contribution in [1.29, 1.82) is 0 Å². The van der Waals surface area contributed by atoms with Gasteiger partial charge in [-0.05, 0) is 38.8 Å². The van der Waals surface area contributed by atoms with Gasteiger partial charge >= 0.3 is 0 Å². The summed E-state index contributed by atoms with van der Waals surface area (Å²) in [7, 11) is 1.70. The van der Waals surface area contributed by atoms with Crippen LogP contribution in [0.15, 0.2) is 18.2 Å². The van der Waals surface area contributed by atoms with Crippen molar-refractivity contribution in [3.05, 3.63) is 29.3 Å². The number of amides is 1. The zero-order chi connectivity index (χ0) is 14.0. The van der Waals surface area contributed by atoms with Crippen LogP contribution in [-0.4, -0.2) is 36.6 Å². The summed E-state index contributed by atoms with van der Waals surface area (Å²) in [5, 5.41) is 0. The molecule has 0 spiro atoms. The second-order valence-corrected chi connectivity index (χ2v) is 5.57. The molecule has 1 aromatic rings. The number of nitrogen functional groups attached to an aromatic ring is 1. The zero-order valence-electron chi connectivity index (χ0n) is 11.9. The molecule has 4 heteroatoms. The van der Waals surface area contributed by atoms with Gasteiger partial charge in [0.25, 0.3) is 5.91 Å². The van der Waals surface area contributed by atoms with E-state index in [9.17, 15) is 4.79 Å². The number of aryl methyl sites for hydroxylation is 1. The quantitative estimate of drug-likeness (QED) is 0.831. The van der Waals surface area contributed by atoms with Crippen LogP contribution in [0.25, 0.3) is 0 Å². The number of hydrogen-bond acceptors (Lipinski definition) is 3. The second kappa shape index (κ2) is 5.21. The molecule has 0 aliphatic carbocycles. The molecule has 1 unspecified atom stereocenters. The predicted molar refractivity (Wildman–Crippen MR) is 76.1 cm³/mol. The molecule has 1 amide bonds. The highest BCUT2D eigenvalue weighted by molar-refractivity contribution is 5.99. The maximum absolute atomic E-state index is 12.6. The summed E-state index contributed by atoms with van der Waals surface area (Å²) < 4.78 is 5.52. The van der Waals surface area contributed by atoms with Crippen molar-refractivity contribution in [2.24, 2.45) is 0 Å². The molecular formula is C15H22N2O2. The molecule has 0 bridgehead atoms. The van der Waals surface area contributed by atoms with Crippen molar-refractivity contribution in [3.63, 3.8) is 0 Å². The molecule has 19 heavy (non-hydrogen) atoms. The summed E-state index contributed by atoms with van der Waals surface area (Å²) in [5.41, 5.74) is 7.86. The summed E-state index contributed by atoms with van der Waals surface area (Å²) in [6, 6.07) is 5.57. The molecule has 1 aliphatic heterocycles. The number of rotatable bonds is 2. The lowest BCUT2D eigenvalue weighted by Gasteiger charge is -2.39. The first-order valence-electron chi connectivity index (χ1n) is 6.66. The number of hydrogen-bond donors (Lipinski definition) is 1. The largest absolute Gasteiger partial charge is 0.398 e. The van der Waals surface area contributed by atoms with Crippen molar-refractivity contribution >= 4 is 11.6 Å². The Balaban J connectivity index is 2.22. The van der Waals surface area contributed by atoms with Gasteiger partial charge in [-0.3, -0.25) is 4.79 Å². The fourth-order valence-corrected chi connectivity index (χ4v) is 2.57. The van der Waals surface area contributed by atoms with Crippen LogP contribution in [0.5, 0.6) is 0 Å². The van der Waals surface area contributed by atoms with E-state index in [2.05, 4.69) is 0 Å². The zero-order valence-corrected chi connectivity index (χ0v) is 11.9. The fourth-order valence-electron chi connectivity index (χ4n) is 2.57. The molecule has 0 aromatic heterocycles. The summed E-state index contributed by atoms with van der Waals surface area (Å²) >= 11 is 0. The van der Waals surface area contributed by atoms with E-state index in [0.29, 0.717) is 17.8 Å². The van der Waals surface area contributed by atoms with Crippen LogP contribution in [-0.2, 0) is 4.74 Å². The van der Waals surface area contributed by atoms with Gasteiger partial charge in [0.15, 0.2) is 0 Å². The number of likely N-dealkylation sites (tertiary alicyclic amines) is 1. The van der Waals surface area contributed by atoms with Crippen LogP contribution in [0.3, 0.4) is 0 Å². The molecule has 1 atom stereocenters. The van der Waals surface area contributed by atoms with Crippen LogP contribution in [0.2, 0.25) is 0 Å². The van der Waals surface area contributed by atoms with Gasteiger partial charge in [-0.15, -0.1) is 0 Å². The molecule has 0 saturated carbocycles. The molecule has 1 fully saturated rings. The summed E-state index contributed by atoms with van der Waals surface area (Å²) in [6.45, 7) is 5.40. The van der Waals surface area contributed by atoms with Gasteiger partial charge < -0.3 is 15.4 Å². The van der Waals surface area contributed by atoms with Gasteiger partial charge in [-0.1, -0.05) is 11.6 Å². The normalized spacial score (nSPS) is 23.4. The van der Waals surface area contributed by atoms with E-state index in [1.165, 1.54) is 0 Å². The standard InChI is InChI=1S/C15H22N2O2/c1-11-5-6-13(16)12(9-11)14(18)17-8-4-7-15(2,10-17)19-3/h5-6,9H,4,7-8,10,16H2,1-3H3. The van der Waals surface area contributed by atoms with E-state index >= 15 is 0 Å². The van der Waals surface area contributed by atoms with Crippen molar-refractivity contribution in [2.75, 3.05) is 25.9 Å². The number of nitrogens with zero attached hydrogens (tertiary/aromatic N) is 1. The van der Waals surface area contributed by atoms with Crippen molar-refractivity contribution < 1.29 is 9.53 Å². The van der Waals surface area contributed by atoms with Gasteiger partial charge in [0.2, 0.25) is 0 Å². The fraction of sp³-hybridized carbons (Fsp3) is 0.533. The Morgan fingerprint density at radius 3 is 2.89 bits per heavy atom. The first kappa shape index (κ1) is 13.9.